The summed E-state index contributed by atoms with van der Waals surface area (Å²) in [6, 6.07) is 6.74. The van der Waals surface area contributed by atoms with Crippen LogP contribution in [0.4, 0.5) is 24.5 Å². The van der Waals surface area contributed by atoms with E-state index in [0.29, 0.717) is 0 Å². The Labute approximate surface area is 127 Å². The third-order valence-corrected chi connectivity index (χ3v) is 2.88. The number of halogens is 3. The lowest BCUT2D eigenvalue weighted by atomic mass is 10.1. The second kappa shape index (κ2) is 5.95. The summed E-state index contributed by atoms with van der Waals surface area (Å²) in [6.45, 7) is 0. The van der Waals surface area contributed by atoms with Crippen molar-refractivity contribution in [2.45, 2.75) is 6.18 Å². The molecule has 0 aliphatic carbocycles. The number of phenols is 1. The van der Waals surface area contributed by atoms with Crippen molar-refractivity contribution in [1.29, 1.82) is 0 Å². The molecular formula is C14H9F3N2O4. The standard InChI is InChI=1S/C14H9F3N2O4/c15-14(16,17)8-2-1-3-9(6-8)18-13(21)11-5-4-10(19(22)23)7-12(11)20/h1-7,20H,(H,18,21). The first kappa shape index (κ1) is 16.3. The lowest BCUT2D eigenvalue weighted by Gasteiger charge is -2.10. The quantitative estimate of drug-likeness (QED) is 0.666. The number of carbonyl (C=O) groups excluding carboxylic acids is 1. The Morgan fingerprint density at radius 3 is 2.43 bits per heavy atom. The zero-order valence-corrected chi connectivity index (χ0v) is 11.3. The minimum absolute atomic E-state index is 0.123. The lowest BCUT2D eigenvalue weighted by Crippen LogP contribution is -2.13. The molecule has 2 N–H and O–H groups in total. The van der Waals surface area contributed by atoms with Crippen molar-refractivity contribution in [3.8, 4) is 5.75 Å². The van der Waals surface area contributed by atoms with Gasteiger partial charge in [-0.15, -0.1) is 0 Å². The molecule has 0 aliphatic rings. The predicted octanol–water partition coefficient (Wildman–Crippen LogP) is 3.57. The maximum atomic E-state index is 12.6. The van der Waals surface area contributed by atoms with Crippen molar-refractivity contribution < 1.29 is 28.0 Å². The molecule has 6 nitrogen and oxygen atoms in total. The summed E-state index contributed by atoms with van der Waals surface area (Å²) in [4.78, 5) is 21.7. The zero-order valence-electron chi connectivity index (χ0n) is 11.3. The van der Waals surface area contributed by atoms with E-state index in [4.69, 9.17) is 0 Å². The van der Waals surface area contributed by atoms with Gasteiger partial charge in [-0.05, 0) is 24.3 Å². The van der Waals surface area contributed by atoms with Gasteiger partial charge in [0.2, 0.25) is 0 Å². The molecule has 0 saturated heterocycles. The van der Waals surface area contributed by atoms with E-state index in [1.54, 1.807) is 0 Å². The Kier molecular flexibility index (Phi) is 4.21. The summed E-state index contributed by atoms with van der Waals surface area (Å²) >= 11 is 0. The molecule has 2 aromatic carbocycles. The first-order valence-corrected chi connectivity index (χ1v) is 6.14. The molecule has 1 amide bonds. The number of alkyl halides is 3. The number of anilines is 1. The predicted molar refractivity (Wildman–Crippen MR) is 74.2 cm³/mol. The molecule has 2 rings (SSSR count). The van der Waals surface area contributed by atoms with Crippen molar-refractivity contribution in [3.05, 3.63) is 63.7 Å². The maximum Gasteiger partial charge on any atom is 0.416 e. The largest absolute Gasteiger partial charge is 0.507 e. The van der Waals surface area contributed by atoms with Gasteiger partial charge in [0.1, 0.15) is 5.75 Å². The second-order valence-corrected chi connectivity index (χ2v) is 4.49. The number of rotatable bonds is 3. The normalized spacial score (nSPS) is 11.1. The lowest BCUT2D eigenvalue weighted by molar-refractivity contribution is -0.384. The zero-order chi connectivity index (χ0) is 17.2. The minimum Gasteiger partial charge on any atom is -0.507 e. The molecule has 120 valence electrons. The van der Waals surface area contributed by atoms with E-state index in [2.05, 4.69) is 5.32 Å². The molecule has 0 saturated carbocycles. The molecule has 0 heterocycles. The van der Waals surface area contributed by atoms with Crippen LogP contribution < -0.4 is 5.32 Å². The number of amides is 1. The fraction of sp³-hybridized carbons (Fsp3) is 0.0714. The molecule has 0 aromatic heterocycles. The van der Waals surface area contributed by atoms with Crippen LogP contribution in [0.25, 0.3) is 0 Å². The van der Waals surface area contributed by atoms with Gasteiger partial charge in [-0.25, -0.2) is 0 Å². The molecule has 0 radical (unpaired) electrons. The van der Waals surface area contributed by atoms with Crippen LogP contribution in [0, 0.1) is 10.1 Å². The van der Waals surface area contributed by atoms with Crippen LogP contribution in [0.1, 0.15) is 15.9 Å². The van der Waals surface area contributed by atoms with Crippen LogP contribution in [-0.2, 0) is 6.18 Å². The number of nitrogens with zero attached hydrogens (tertiary/aromatic N) is 1. The summed E-state index contributed by atoms with van der Waals surface area (Å²) < 4.78 is 37.8. The Morgan fingerprint density at radius 2 is 1.87 bits per heavy atom. The first-order chi connectivity index (χ1) is 10.7. The Hall–Kier alpha value is -3.10. The van der Waals surface area contributed by atoms with Crippen molar-refractivity contribution in [2.24, 2.45) is 0 Å². The van der Waals surface area contributed by atoms with E-state index in [9.17, 15) is 33.2 Å². The van der Waals surface area contributed by atoms with Gasteiger partial charge < -0.3 is 10.4 Å². The van der Waals surface area contributed by atoms with E-state index in [1.807, 2.05) is 0 Å². The third-order valence-electron chi connectivity index (χ3n) is 2.88. The molecule has 0 bridgehead atoms. The van der Waals surface area contributed by atoms with E-state index >= 15 is 0 Å². The van der Waals surface area contributed by atoms with Gasteiger partial charge in [0, 0.05) is 11.8 Å². The van der Waals surface area contributed by atoms with Gasteiger partial charge in [-0.2, -0.15) is 13.2 Å². The van der Waals surface area contributed by atoms with Gasteiger partial charge in [-0.3, -0.25) is 14.9 Å². The smallest absolute Gasteiger partial charge is 0.416 e. The fourth-order valence-electron chi connectivity index (χ4n) is 1.80. The van der Waals surface area contributed by atoms with Crippen molar-refractivity contribution in [1.82, 2.24) is 0 Å². The van der Waals surface area contributed by atoms with Gasteiger partial charge >= 0.3 is 6.18 Å². The Morgan fingerprint density at radius 1 is 1.17 bits per heavy atom. The number of hydrogen-bond acceptors (Lipinski definition) is 4. The van der Waals surface area contributed by atoms with Gasteiger partial charge in [0.15, 0.2) is 0 Å². The number of phenolic OH excluding ortho intramolecular Hbond substituents is 1. The molecule has 0 aliphatic heterocycles. The molecule has 9 heteroatoms. The van der Waals surface area contributed by atoms with E-state index in [1.165, 1.54) is 6.07 Å². The summed E-state index contributed by atoms with van der Waals surface area (Å²) in [5.74, 6) is -1.54. The molecule has 0 unspecified atom stereocenters. The van der Waals surface area contributed by atoms with E-state index < -0.39 is 34.0 Å². The monoisotopic (exact) mass is 326 g/mol. The van der Waals surface area contributed by atoms with Crippen LogP contribution in [-0.4, -0.2) is 15.9 Å². The molecule has 2 aromatic rings. The molecule has 0 spiro atoms. The van der Waals surface area contributed by atoms with E-state index in [0.717, 1.165) is 36.4 Å². The van der Waals surface area contributed by atoms with E-state index in [-0.39, 0.29) is 11.3 Å². The number of aromatic hydroxyl groups is 1. The number of nitrogens with one attached hydrogen (secondary N) is 1. The van der Waals surface area contributed by atoms with Crippen LogP contribution in [0.2, 0.25) is 0 Å². The summed E-state index contributed by atoms with van der Waals surface area (Å²) in [7, 11) is 0. The highest BCUT2D eigenvalue weighted by molar-refractivity contribution is 6.06. The average molecular weight is 326 g/mol. The van der Waals surface area contributed by atoms with Gasteiger partial charge in [-0.1, -0.05) is 6.07 Å². The highest BCUT2D eigenvalue weighted by Crippen LogP contribution is 2.31. The van der Waals surface area contributed by atoms with Crippen LogP contribution >= 0.6 is 0 Å². The number of benzene rings is 2. The Balaban J connectivity index is 2.24. The second-order valence-electron chi connectivity index (χ2n) is 4.49. The molecular weight excluding hydrogens is 317 g/mol. The van der Waals surface area contributed by atoms with Gasteiger partial charge in [0.05, 0.1) is 22.1 Å². The number of hydrogen-bond donors (Lipinski definition) is 2. The number of nitro benzene ring substituents is 1. The maximum absolute atomic E-state index is 12.6. The minimum atomic E-state index is -4.56. The highest BCUT2D eigenvalue weighted by Gasteiger charge is 2.30. The fourth-order valence-corrected chi connectivity index (χ4v) is 1.80. The van der Waals surface area contributed by atoms with Crippen LogP contribution in [0.3, 0.4) is 0 Å². The van der Waals surface area contributed by atoms with Crippen molar-refractivity contribution in [2.75, 3.05) is 5.32 Å². The summed E-state index contributed by atoms with van der Waals surface area (Å²) in [5, 5.41) is 22.4. The summed E-state index contributed by atoms with van der Waals surface area (Å²) in [5.41, 5.74) is -1.78. The number of nitro groups is 1. The van der Waals surface area contributed by atoms with Crippen molar-refractivity contribution >= 4 is 17.3 Å². The number of non-ortho nitro benzene ring substituents is 1. The SMILES string of the molecule is O=C(Nc1cccc(C(F)(F)F)c1)c1ccc([N+](=O)[O-])cc1O. The third kappa shape index (κ3) is 3.76. The van der Waals surface area contributed by atoms with Crippen LogP contribution in [0.5, 0.6) is 5.75 Å². The van der Waals surface area contributed by atoms with Crippen molar-refractivity contribution in [3.63, 3.8) is 0 Å². The highest BCUT2D eigenvalue weighted by atomic mass is 19.4. The van der Waals surface area contributed by atoms with Crippen LogP contribution in [0.15, 0.2) is 42.5 Å². The molecule has 0 atom stereocenters. The Bertz CT molecular complexity index is 775. The average Bonchev–Trinajstić information content (AvgIpc) is 2.46. The molecule has 23 heavy (non-hydrogen) atoms. The first-order valence-electron chi connectivity index (χ1n) is 6.14. The topological polar surface area (TPSA) is 92.5 Å². The number of carbonyl (C=O) groups is 1. The summed E-state index contributed by atoms with van der Waals surface area (Å²) in [6.07, 6.45) is -4.56. The van der Waals surface area contributed by atoms with Gasteiger partial charge in [0.25, 0.3) is 11.6 Å². The molecule has 0 fully saturated rings.